The van der Waals surface area contributed by atoms with E-state index in [1.807, 2.05) is 31.2 Å². The summed E-state index contributed by atoms with van der Waals surface area (Å²) in [7, 11) is 0. The monoisotopic (exact) mass is 304 g/mol. The Morgan fingerprint density at radius 1 is 1.45 bits per heavy atom. The molecule has 0 aromatic heterocycles. The molecule has 3 unspecified atom stereocenters. The number of carbonyl (C=O) groups is 1. The molecule has 0 spiro atoms. The van der Waals surface area contributed by atoms with E-state index in [9.17, 15) is 9.90 Å². The van der Waals surface area contributed by atoms with Crippen LogP contribution in [0.4, 0.5) is 0 Å². The highest BCUT2D eigenvalue weighted by molar-refractivity contribution is 5.82. The summed E-state index contributed by atoms with van der Waals surface area (Å²) in [4.78, 5) is 14.7. The van der Waals surface area contributed by atoms with Gasteiger partial charge < -0.3 is 15.2 Å². The molecule has 5 nitrogen and oxygen atoms in total. The van der Waals surface area contributed by atoms with E-state index < -0.39 is 0 Å². The largest absolute Gasteiger partial charge is 0.493 e. The maximum absolute atomic E-state index is 12.5. The first-order valence-corrected chi connectivity index (χ1v) is 8.06. The minimum absolute atomic E-state index is 0.0242. The number of para-hydroxylation sites is 1. The van der Waals surface area contributed by atoms with E-state index in [1.165, 1.54) is 0 Å². The molecule has 2 heterocycles. The highest BCUT2D eigenvalue weighted by Gasteiger charge is 2.31. The Balaban J connectivity index is 1.63. The van der Waals surface area contributed by atoms with Gasteiger partial charge in [0.15, 0.2) is 0 Å². The van der Waals surface area contributed by atoms with E-state index in [0.717, 1.165) is 37.2 Å². The van der Waals surface area contributed by atoms with Gasteiger partial charge in [0.05, 0.1) is 18.7 Å². The maximum atomic E-state index is 12.5. The molecule has 22 heavy (non-hydrogen) atoms. The van der Waals surface area contributed by atoms with Gasteiger partial charge in [-0.25, -0.2) is 0 Å². The predicted octanol–water partition coefficient (Wildman–Crippen LogP) is 1.33. The summed E-state index contributed by atoms with van der Waals surface area (Å²) < 4.78 is 5.63. The number of fused-ring (bicyclic) bond motifs is 1. The van der Waals surface area contributed by atoms with Crippen molar-refractivity contribution in [1.82, 2.24) is 10.2 Å². The van der Waals surface area contributed by atoms with Gasteiger partial charge in [0.25, 0.3) is 0 Å². The maximum Gasteiger partial charge on any atom is 0.237 e. The fraction of sp³-hybridized carbons (Fsp3) is 0.588. The molecule has 2 aliphatic heterocycles. The molecule has 3 rings (SSSR count). The Labute approximate surface area is 131 Å². The Morgan fingerprint density at radius 3 is 3.05 bits per heavy atom. The lowest BCUT2D eigenvalue weighted by atomic mass is 10.0. The Bertz CT molecular complexity index is 534. The lowest BCUT2D eigenvalue weighted by Crippen LogP contribution is -2.46. The topological polar surface area (TPSA) is 61.8 Å². The van der Waals surface area contributed by atoms with Gasteiger partial charge >= 0.3 is 0 Å². The number of benzene rings is 1. The average molecular weight is 304 g/mol. The lowest BCUT2D eigenvalue weighted by molar-refractivity contribution is -0.126. The van der Waals surface area contributed by atoms with Crippen LogP contribution >= 0.6 is 0 Å². The normalized spacial score (nSPS) is 26.1. The molecular formula is C17H24N2O3. The van der Waals surface area contributed by atoms with Crippen molar-refractivity contribution in [2.45, 2.75) is 31.8 Å². The summed E-state index contributed by atoms with van der Waals surface area (Å²) in [6, 6.07) is 7.75. The summed E-state index contributed by atoms with van der Waals surface area (Å²) in [6.07, 6.45) is 1.77. The summed E-state index contributed by atoms with van der Waals surface area (Å²) in [6.45, 7) is 4.46. The number of amides is 1. The number of ether oxygens (including phenoxy) is 1. The van der Waals surface area contributed by atoms with Crippen molar-refractivity contribution in [2.24, 2.45) is 5.92 Å². The van der Waals surface area contributed by atoms with Gasteiger partial charge in [-0.2, -0.15) is 0 Å². The van der Waals surface area contributed by atoms with Gasteiger partial charge in [-0.1, -0.05) is 18.2 Å². The summed E-state index contributed by atoms with van der Waals surface area (Å²) in [5.41, 5.74) is 1.06. The standard InChI is InChI=1S/C17H24N2O3/c1-12(19-8-6-13(10-19)11-20)17(21)18-15-7-9-22-16-5-3-2-4-14(15)16/h2-5,12-13,15,20H,6-11H2,1H3,(H,18,21). The highest BCUT2D eigenvalue weighted by atomic mass is 16.5. The minimum Gasteiger partial charge on any atom is -0.493 e. The van der Waals surface area contributed by atoms with Gasteiger partial charge in [-0.3, -0.25) is 9.69 Å². The smallest absolute Gasteiger partial charge is 0.237 e. The third-order valence-electron chi connectivity index (χ3n) is 4.78. The fourth-order valence-electron chi connectivity index (χ4n) is 3.31. The van der Waals surface area contributed by atoms with Gasteiger partial charge in [0.2, 0.25) is 5.91 Å². The minimum atomic E-state index is -0.161. The van der Waals surface area contributed by atoms with E-state index >= 15 is 0 Å². The van der Waals surface area contributed by atoms with E-state index in [0.29, 0.717) is 12.5 Å². The number of rotatable bonds is 4. The number of carbonyl (C=O) groups excluding carboxylic acids is 1. The molecule has 1 aromatic carbocycles. The zero-order valence-electron chi connectivity index (χ0n) is 13.0. The molecule has 0 saturated carbocycles. The molecule has 1 aromatic rings. The van der Waals surface area contributed by atoms with E-state index in [1.54, 1.807) is 0 Å². The number of hydrogen-bond acceptors (Lipinski definition) is 4. The lowest BCUT2D eigenvalue weighted by Gasteiger charge is -2.30. The second kappa shape index (κ2) is 6.67. The SMILES string of the molecule is CC(C(=O)NC1CCOc2ccccc21)N1CCC(CO)C1. The number of nitrogens with zero attached hydrogens (tertiary/aromatic N) is 1. The first-order chi connectivity index (χ1) is 10.7. The van der Waals surface area contributed by atoms with Crippen LogP contribution in [0.1, 0.15) is 31.4 Å². The van der Waals surface area contributed by atoms with Crippen LogP contribution in [0.2, 0.25) is 0 Å². The molecular weight excluding hydrogens is 280 g/mol. The van der Waals surface area contributed by atoms with Crippen LogP contribution in [0.3, 0.4) is 0 Å². The molecule has 3 atom stereocenters. The number of aliphatic hydroxyl groups excluding tert-OH is 1. The molecule has 2 aliphatic rings. The fourth-order valence-corrected chi connectivity index (χ4v) is 3.31. The van der Waals surface area contributed by atoms with Crippen LogP contribution in [0.15, 0.2) is 24.3 Å². The van der Waals surface area contributed by atoms with Crippen LogP contribution in [0.5, 0.6) is 5.75 Å². The van der Waals surface area contributed by atoms with E-state index in [4.69, 9.17) is 4.74 Å². The summed E-state index contributed by atoms with van der Waals surface area (Å²) in [5, 5.41) is 12.4. The van der Waals surface area contributed by atoms with Gasteiger partial charge in [-0.05, 0) is 31.9 Å². The Hall–Kier alpha value is -1.59. The molecule has 0 radical (unpaired) electrons. The van der Waals surface area contributed by atoms with Crippen molar-refractivity contribution in [3.63, 3.8) is 0 Å². The third kappa shape index (κ3) is 3.10. The molecule has 1 amide bonds. The van der Waals surface area contributed by atoms with Crippen molar-refractivity contribution in [3.05, 3.63) is 29.8 Å². The quantitative estimate of drug-likeness (QED) is 0.881. The average Bonchev–Trinajstić information content (AvgIpc) is 3.03. The number of hydrogen-bond donors (Lipinski definition) is 2. The van der Waals surface area contributed by atoms with E-state index in [2.05, 4.69) is 10.2 Å². The van der Waals surface area contributed by atoms with Crippen molar-refractivity contribution in [3.8, 4) is 5.75 Å². The first kappa shape index (κ1) is 15.3. The highest BCUT2D eigenvalue weighted by Crippen LogP contribution is 2.31. The first-order valence-electron chi connectivity index (χ1n) is 8.06. The molecule has 2 N–H and O–H groups in total. The number of likely N-dealkylation sites (tertiary alicyclic amines) is 1. The summed E-state index contributed by atoms with van der Waals surface area (Å²) >= 11 is 0. The van der Waals surface area contributed by atoms with Crippen LogP contribution in [-0.4, -0.2) is 48.3 Å². The van der Waals surface area contributed by atoms with Crippen molar-refractivity contribution in [1.29, 1.82) is 0 Å². The van der Waals surface area contributed by atoms with E-state index in [-0.39, 0.29) is 24.6 Å². The zero-order valence-corrected chi connectivity index (χ0v) is 13.0. The predicted molar refractivity (Wildman–Crippen MR) is 83.7 cm³/mol. The van der Waals surface area contributed by atoms with Crippen molar-refractivity contribution in [2.75, 3.05) is 26.3 Å². The van der Waals surface area contributed by atoms with Crippen molar-refractivity contribution < 1.29 is 14.6 Å². The Kier molecular flexibility index (Phi) is 4.64. The number of nitrogens with one attached hydrogen (secondary N) is 1. The second-order valence-corrected chi connectivity index (χ2v) is 6.24. The summed E-state index contributed by atoms with van der Waals surface area (Å²) in [5.74, 6) is 1.23. The van der Waals surface area contributed by atoms with Crippen molar-refractivity contribution >= 4 is 5.91 Å². The van der Waals surface area contributed by atoms with Gasteiger partial charge in [0.1, 0.15) is 5.75 Å². The molecule has 0 bridgehead atoms. The van der Waals surface area contributed by atoms with Crippen LogP contribution < -0.4 is 10.1 Å². The zero-order chi connectivity index (χ0) is 15.5. The Morgan fingerprint density at radius 2 is 2.27 bits per heavy atom. The van der Waals surface area contributed by atoms with Gasteiger partial charge in [0, 0.05) is 25.1 Å². The molecule has 0 aliphatic carbocycles. The van der Waals surface area contributed by atoms with Crippen LogP contribution in [-0.2, 0) is 4.79 Å². The van der Waals surface area contributed by atoms with Gasteiger partial charge in [-0.15, -0.1) is 0 Å². The molecule has 1 fully saturated rings. The third-order valence-corrected chi connectivity index (χ3v) is 4.78. The molecule has 5 heteroatoms. The number of aliphatic hydroxyl groups is 1. The second-order valence-electron chi connectivity index (χ2n) is 6.24. The van der Waals surface area contributed by atoms with Crippen LogP contribution in [0, 0.1) is 5.92 Å². The molecule has 1 saturated heterocycles. The van der Waals surface area contributed by atoms with Crippen LogP contribution in [0.25, 0.3) is 0 Å². The molecule has 120 valence electrons.